The summed E-state index contributed by atoms with van der Waals surface area (Å²) < 4.78 is 0. The van der Waals surface area contributed by atoms with Crippen LogP contribution in [0.5, 0.6) is 0 Å². The Hall–Kier alpha value is -0.260. The Balaban J connectivity index is 1.68. The average molecular weight is 244 g/mol. The van der Waals surface area contributed by atoms with Crippen LogP contribution in [0.15, 0.2) is 11.6 Å². The Bertz CT molecular complexity index is 385. The van der Waals surface area contributed by atoms with Crippen molar-refractivity contribution in [2.24, 2.45) is 40.9 Å². The van der Waals surface area contributed by atoms with Gasteiger partial charge in [0.2, 0.25) is 0 Å². The molecule has 0 nitrogen and oxygen atoms in total. The van der Waals surface area contributed by atoms with Crippen molar-refractivity contribution >= 4 is 0 Å². The van der Waals surface area contributed by atoms with E-state index in [0.29, 0.717) is 5.41 Å². The molecule has 3 unspecified atom stereocenters. The number of fused-ring (bicyclic) bond motifs is 4. The van der Waals surface area contributed by atoms with Crippen LogP contribution in [-0.2, 0) is 0 Å². The van der Waals surface area contributed by atoms with Gasteiger partial charge < -0.3 is 0 Å². The molecule has 0 heteroatoms. The molecule has 0 saturated heterocycles. The highest BCUT2D eigenvalue weighted by Gasteiger charge is 2.53. The quantitative estimate of drug-likeness (QED) is 0.566. The smallest absolute Gasteiger partial charge is 0.00870 e. The molecule has 0 aromatic carbocycles. The number of hydrogen-bond donors (Lipinski definition) is 0. The van der Waals surface area contributed by atoms with Gasteiger partial charge in [-0.3, -0.25) is 0 Å². The molecule has 4 aliphatic rings. The third kappa shape index (κ3) is 1.33. The van der Waals surface area contributed by atoms with E-state index in [-0.39, 0.29) is 0 Å². The second-order valence-corrected chi connectivity index (χ2v) is 8.13. The van der Waals surface area contributed by atoms with E-state index in [2.05, 4.69) is 26.8 Å². The van der Waals surface area contributed by atoms with Gasteiger partial charge in [0.05, 0.1) is 0 Å². The summed E-state index contributed by atoms with van der Waals surface area (Å²) in [6.45, 7) is 7.64. The zero-order valence-corrected chi connectivity index (χ0v) is 12.3. The van der Waals surface area contributed by atoms with E-state index in [0.717, 1.165) is 35.5 Å². The van der Waals surface area contributed by atoms with Gasteiger partial charge in [-0.15, -0.1) is 0 Å². The minimum atomic E-state index is 0.553. The first kappa shape index (κ1) is 11.6. The third-order valence-electron chi connectivity index (χ3n) is 7.70. The molecule has 7 atom stereocenters. The van der Waals surface area contributed by atoms with Crippen LogP contribution in [0, 0.1) is 40.9 Å². The maximum atomic E-state index is 2.82. The first-order valence-corrected chi connectivity index (χ1v) is 8.32. The van der Waals surface area contributed by atoms with Crippen LogP contribution in [0.4, 0.5) is 0 Å². The van der Waals surface area contributed by atoms with Crippen LogP contribution in [0.25, 0.3) is 0 Å². The normalized spacial score (nSPS) is 60.1. The Morgan fingerprint density at radius 2 is 1.78 bits per heavy atom. The zero-order chi connectivity index (χ0) is 12.5. The second kappa shape index (κ2) is 3.64. The minimum Gasteiger partial charge on any atom is -0.0783 e. The average Bonchev–Trinajstić information content (AvgIpc) is 3.07. The molecule has 4 fully saturated rings. The predicted octanol–water partition coefficient (Wildman–Crippen LogP) is 5.05. The van der Waals surface area contributed by atoms with E-state index < -0.39 is 0 Å². The van der Waals surface area contributed by atoms with Gasteiger partial charge in [-0.05, 0) is 79.4 Å². The Morgan fingerprint density at radius 1 is 1.00 bits per heavy atom. The lowest BCUT2D eigenvalue weighted by atomic mass is 9.66. The fraction of sp³-hybridized carbons (Fsp3) is 0.889. The minimum absolute atomic E-state index is 0.553. The van der Waals surface area contributed by atoms with E-state index in [1.807, 2.05) is 5.57 Å². The summed E-state index contributed by atoms with van der Waals surface area (Å²) >= 11 is 0. The molecular weight excluding hydrogens is 216 g/mol. The molecule has 4 aliphatic carbocycles. The fourth-order valence-electron chi connectivity index (χ4n) is 6.19. The highest BCUT2D eigenvalue weighted by atomic mass is 14.6. The number of allylic oxidation sites excluding steroid dienone is 2. The molecular formula is C18H28. The monoisotopic (exact) mass is 244 g/mol. The molecule has 0 N–H and O–H groups in total. The van der Waals surface area contributed by atoms with Gasteiger partial charge in [-0.2, -0.15) is 0 Å². The van der Waals surface area contributed by atoms with Gasteiger partial charge in [0.25, 0.3) is 0 Å². The number of rotatable bonds is 1. The molecule has 4 saturated carbocycles. The second-order valence-electron chi connectivity index (χ2n) is 8.13. The van der Waals surface area contributed by atoms with Crippen LogP contribution >= 0.6 is 0 Å². The Morgan fingerprint density at radius 3 is 2.39 bits per heavy atom. The van der Waals surface area contributed by atoms with Crippen molar-refractivity contribution in [3.05, 3.63) is 11.6 Å². The van der Waals surface area contributed by atoms with Crippen LogP contribution in [-0.4, -0.2) is 0 Å². The van der Waals surface area contributed by atoms with Gasteiger partial charge in [-0.1, -0.05) is 32.4 Å². The summed E-state index contributed by atoms with van der Waals surface area (Å²) in [5, 5.41) is 0. The SMILES string of the molecule is CC1/C(=C/C2(C)C(C)[C@@H]3CC[C@H]2C3)[C@H]2CC[C@@H]1C2. The van der Waals surface area contributed by atoms with Crippen molar-refractivity contribution in [1.29, 1.82) is 0 Å². The van der Waals surface area contributed by atoms with Gasteiger partial charge >= 0.3 is 0 Å². The predicted molar refractivity (Wildman–Crippen MR) is 76.2 cm³/mol. The van der Waals surface area contributed by atoms with Gasteiger partial charge in [0.1, 0.15) is 0 Å². The van der Waals surface area contributed by atoms with Crippen molar-refractivity contribution in [3.8, 4) is 0 Å². The third-order valence-corrected chi connectivity index (χ3v) is 7.70. The Kier molecular flexibility index (Phi) is 2.34. The maximum Gasteiger partial charge on any atom is -0.00870 e. The standard InChI is InChI=1S/C18H28/c1-11-13-4-5-15(8-13)17(11)10-18(3)12(2)14-6-7-16(18)9-14/h10-16H,4-9H2,1-3H3/b17-10-/t11?,12?,13-,14-,15+,16+,18?/m1/s1. The first-order chi connectivity index (χ1) is 8.59. The molecule has 4 bridgehead atoms. The van der Waals surface area contributed by atoms with Crippen molar-refractivity contribution in [2.75, 3.05) is 0 Å². The molecule has 0 aliphatic heterocycles. The van der Waals surface area contributed by atoms with E-state index >= 15 is 0 Å². The molecule has 4 rings (SSSR count). The fourth-order valence-corrected chi connectivity index (χ4v) is 6.19. The lowest BCUT2D eigenvalue weighted by Crippen LogP contribution is -2.31. The topological polar surface area (TPSA) is 0 Å². The van der Waals surface area contributed by atoms with Gasteiger partial charge in [0, 0.05) is 0 Å². The highest BCUT2D eigenvalue weighted by Crippen LogP contribution is 2.62. The van der Waals surface area contributed by atoms with Gasteiger partial charge in [0.15, 0.2) is 0 Å². The zero-order valence-electron chi connectivity index (χ0n) is 12.3. The molecule has 18 heavy (non-hydrogen) atoms. The molecule has 0 amide bonds. The largest absolute Gasteiger partial charge is 0.0783 e. The van der Waals surface area contributed by atoms with E-state index in [1.165, 1.54) is 38.5 Å². The molecule has 0 aromatic rings. The molecule has 0 spiro atoms. The molecule has 0 heterocycles. The maximum absolute atomic E-state index is 2.82. The molecule has 0 radical (unpaired) electrons. The van der Waals surface area contributed by atoms with E-state index in [1.54, 1.807) is 0 Å². The van der Waals surface area contributed by atoms with Crippen molar-refractivity contribution in [2.45, 2.75) is 59.3 Å². The first-order valence-electron chi connectivity index (χ1n) is 8.32. The summed E-state index contributed by atoms with van der Waals surface area (Å²) in [7, 11) is 0. The lowest BCUT2D eigenvalue weighted by molar-refractivity contribution is 0.169. The highest BCUT2D eigenvalue weighted by molar-refractivity contribution is 5.26. The van der Waals surface area contributed by atoms with Crippen LogP contribution in [0.2, 0.25) is 0 Å². The number of hydrogen-bond acceptors (Lipinski definition) is 0. The molecule has 0 aromatic heterocycles. The van der Waals surface area contributed by atoms with E-state index in [4.69, 9.17) is 0 Å². The van der Waals surface area contributed by atoms with Gasteiger partial charge in [-0.25, -0.2) is 0 Å². The summed E-state index contributed by atoms with van der Waals surface area (Å²) in [4.78, 5) is 0. The molecule has 100 valence electrons. The summed E-state index contributed by atoms with van der Waals surface area (Å²) in [5.41, 5.74) is 2.44. The van der Waals surface area contributed by atoms with Crippen LogP contribution in [0.3, 0.4) is 0 Å². The van der Waals surface area contributed by atoms with Crippen LogP contribution < -0.4 is 0 Å². The van der Waals surface area contributed by atoms with Crippen LogP contribution in [0.1, 0.15) is 59.3 Å². The summed E-state index contributed by atoms with van der Waals surface area (Å²) in [6.07, 6.45) is 11.9. The van der Waals surface area contributed by atoms with E-state index in [9.17, 15) is 0 Å². The summed E-state index contributed by atoms with van der Waals surface area (Å²) in [5.74, 6) is 5.93. The summed E-state index contributed by atoms with van der Waals surface area (Å²) in [6, 6.07) is 0. The van der Waals surface area contributed by atoms with Crippen molar-refractivity contribution in [1.82, 2.24) is 0 Å². The van der Waals surface area contributed by atoms with Crippen molar-refractivity contribution < 1.29 is 0 Å². The lowest BCUT2D eigenvalue weighted by Gasteiger charge is -2.39. The Labute approximate surface area is 112 Å². The van der Waals surface area contributed by atoms with Crippen molar-refractivity contribution in [3.63, 3.8) is 0 Å².